The zero-order valence-electron chi connectivity index (χ0n) is 17.3. The van der Waals surface area contributed by atoms with Gasteiger partial charge in [0.15, 0.2) is 17.5 Å². The fraction of sp³-hybridized carbons (Fsp3) is 0.550. The van der Waals surface area contributed by atoms with E-state index in [0.29, 0.717) is 29.1 Å². The lowest BCUT2D eigenvalue weighted by molar-refractivity contribution is -0.120. The number of anilines is 2. The maximum atomic E-state index is 13.0. The summed E-state index contributed by atoms with van der Waals surface area (Å²) in [6.45, 7) is 2.04. The summed E-state index contributed by atoms with van der Waals surface area (Å²) >= 11 is 0. The standard InChI is InChI=1S/C20H27N7O2/c1-5-14-20(29)26(4)15-11-22-17(16-21-10-13(23-16)19(28)25(2)3)24-18(15)27(14)12-8-6-7-9-12/h10-12,14H,5-9H2,1-4H3,(H,21,23)/t14-/m1/s1. The molecule has 0 unspecified atom stereocenters. The van der Waals surface area contributed by atoms with Gasteiger partial charge in [-0.1, -0.05) is 19.8 Å². The Kier molecular flexibility index (Phi) is 4.97. The van der Waals surface area contributed by atoms with Crippen LogP contribution >= 0.6 is 0 Å². The van der Waals surface area contributed by atoms with Crippen molar-refractivity contribution >= 4 is 23.3 Å². The SMILES string of the molecule is CC[C@@H]1C(=O)N(C)c2cnc(-c3ncc(C(=O)N(C)C)[nH]3)nc2N1C1CCCC1. The molecular weight excluding hydrogens is 370 g/mol. The van der Waals surface area contributed by atoms with Crippen LogP contribution in [-0.2, 0) is 4.79 Å². The van der Waals surface area contributed by atoms with Crippen molar-refractivity contribution in [1.82, 2.24) is 24.8 Å². The molecule has 3 heterocycles. The van der Waals surface area contributed by atoms with Gasteiger partial charge in [0.25, 0.3) is 5.91 Å². The van der Waals surface area contributed by atoms with Gasteiger partial charge in [-0.2, -0.15) is 0 Å². The van der Waals surface area contributed by atoms with Gasteiger partial charge in [0.05, 0.1) is 12.4 Å². The van der Waals surface area contributed by atoms with Crippen molar-refractivity contribution in [3.63, 3.8) is 0 Å². The fourth-order valence-electron chi connectivity index (χ4n) is 4.28. The molecule has 4 rings (SSSR count). The Morgan fingerprint density at radius 1 is 1.24 bits per heavy atom. The maximum absolute atomic E-state index is 13.0. The number of nitrogens with one attached hydrogen (secondary N) is 1. The molecule has 1 aliphatic carbocycles. The van der Waals surface area contributed by atoms with E-state index in [1.807, 2.05) is 6.92 Å². The van der Waals surface area contributed by atoms with Crippen molar-refractivity contribution in [3.05, 3.63) is 18.1 Å². The van der Waals surface area contributed by atoms with Gasteiger partial charge in [-0.05, 0) is 19.3 Å². The highest BCUT2D eigenvalue weighted by molar-refractivity contribution is 6.04. The van der Waals surface area contributed by atoms with E-state index in [-0.39, 0.29) is 17.9 Å². The lowest BCUT2D eigenvalue weighted by Gasteiger charge is -2.43. The number of carbonyl (C=O) groups excluding carboxylic acids is 2. The van der Waals surface area contributed by atoms with Crippen LogP contribution in [0.3, 0.4) is 0 Å². The molecule has 1 atom stereocenters. The second-order valence-electron chi connectivity index (χ2n) is 7.91. The van der Waals surface area contributed by atoms with Crippen LogP contribution in [0, 0.1) is 0 Å². The van der Waals surface area contributed by atoms with E-state index in [1.54, 1.807) is 32.2 Å². The summed E-state index contributed by atoms with van der Waals surface area (Å²) in [5.74, 6) is 1.55. The number of nitrogens with zero attached hydrogens (tertiary/aromatic N) is 6. The minimum absolute atomic E-state index is 0.0834. The molecule has 9 nitrogen and oxygen atoms in total. The van der Waals surface area contributed by atoms with Crippen LogP contribution in [0.2, 0.25) is 0 Å². The predicted molar refractivity (Wildman–Crippen MR) is 110 cm³/mol. The van der Waals surface area contributed by atoms with Crippen LogP contribution in [0.1, 0.15) is 49.5 Å². The topological polar surface area (TPSA) is 98.3 Å². The number of carbonyl (C=O) groups is 2. The predicted octanol–water partition coefficient (Wildman–Crippen LogP) is 2.07. The summed E-state index contributed by atoms with van der Waals surface area (Å²) in [7, 11) is 5.16. The second kappa shape index (κ2) is 7.46. The van der Waals surface area contributed by atoms with E-state index in [1.165, 1.54) is 23.9 Å². The smallest absolute Gasteiger partial charge is 0.271 e. The summed E-state index contributed by atoms with van der Waals surface area (Å²) in [5, 5.41) is 0. The number of aromatic amines is 1. The van der Waals surface area contributed by atoms with Crippen molar-refractivity contribution in [3.8, 4) is 11.6 Å². The van der Waals surface area contributed by atoms with Gasteiger partial charge in [0, 0.05) is 27.2 Å². The minimum Gasteiger partial charge on any atom is -0.343 e. The highest BCUT2D eigenvalue weighted by atomic mass is 16.2. The zero-order chi connectivity index (χ0) is 20.7. The normalized spacial score (nSPS) is 19.6. The number of rotatable bonds is 4. The molecule has 2 aromatic heterocycles. The molecule has 2 aromatic rings. The third-order valence-corrected chi connectivity index (χ3v) is 5.84. The third kappa shape index (κ3) is 3.24. The summed E-state index contributed by atoms with van der Waals surface area (Å²) in [6.07, 6.45) is 8.37. The summed E-state index contributed by atoms with van der Waals surface area (Å²) in [6, 6.07) is 0.0856. The molecule has 9 heteroatoms. The summed E-state index contributed by atoms with van der Waals surface area (Å²) in [5.41, 5.74) is 1.10. The Morgan fingerprint density at radius 3 is 2.62 bits per heavy atom. The molecule has 0 saturated heterocycles. The van der Waals surface area contributed by atoms with E-state index in [0.717, 1.165) is 25.1 Å². The first-order chi connectivity index (χ1) is 13.9. The first-order valence-electron chi connectivity index (χ1n) is 10.1. The lowest BCUT2D eigenvalue weighted by Crippen LogP contribution is -2.55. The lowest BCUT2D eigenvalue weighted by atomic mass is 10.0. The number of imidazole rings is 1. The number of likely N-dealkylation sites (N-methyl/N-ethyl adjacent to an activating group) is 1. The van der Waals surface area contributed by atoms with Crippen molar-refractivity contribution in [2.24, 2.45) is 0 Å². The first kappa shape index (κ1) is 19.4. The van der Waals surface area contributed by atoms with E-state index in [4.69, 9.17) is 4.98 Å². The van der Waals surface area contributed by atoms with Crippen LogP contribution in [-0.4, -0.2) is 69.9 Å². The van der Waals surface area contributed by atoms with Crippen LogP contribution in [0.15, 0.2) is 12.4 Å². The molecule has 1 N–H and O–H groups in total. The first-order valence-corrected chi connectivity index (χ1v) is 10.1. The minimum atomic E-state index is -0.221. The van der Waals surface area contributed by atoms with Gasteiger partial charge < -0.3 is 19.7 Å². The Labute approximate surface area is 170 Å². The Hall–Kier alpha value is -2.97. The molecule has 0 aromatic carbocycles. The Balaban J connectivity index is 1.77. The quantitative estimate of drug-likeness (QED) is 0.848. The van der Waals surface area contributed by atoms with E-state index in [2.05, 4.69) is 19.9 Å². The van der Waals surface area contributed by atoms with Crippen LogP contribution in [0.4, 0.5) is 11.5 Å². The zero-order valence-corrected chi connectivity index (χ0v) is 17.3. The molecule has 154 valence electrons. The monoisotopic (exact) mass is 397 g/mol. The third-order valence-electron chi connectivity index (χ3n) is 5.84. The number of aromatic nitrogens is 4. The Bertz CT molecular complexity index is 933. The molecule has 2 amide bonds. The van der Waals surface area contributed by atoms with Crippen LogP contribution in [0.5, 0.6) is 0 Å². The fourth-order valence-corrected chi connectivity index (χ4v) is 4.28. The molecule has 1 saturated carbocycles. The van der Waals surface area contributed by atoms with Crippen LogP contribution in [0.25, 0.3) is 11.6 Å². The van der Waals surface area contributed by atoms with Crippen molar-refractivity contribution < 1.29 is 9.59 Å². The van der Waals surface area contributed by atoms with Gasteiger partial charge in [0.2, 0.25) is 5.91 Å². The number of amides is 2. The molecule has 0 bridgehead atoms. The van der Waals surface area contributed by atoms with Gasteiger partial charge >= 0.3 is 0 Å². The highest BCUT2D eigenvalue weighted by Crippen LogP contribution is 2.39. The van der Waals surface area contributed by atoms with Gasteiger partial charge in [-0.15, -0.1) is 0 Å². The second-order valence-corrected chi connectivity index (χ2v) is 7.91. The number of hydrogen-bond acceptors (Lipinski definition) is 6. The van der Waals surface area contributed by atoms with Gasteiger partial charge in [-0.25, -0.2) is 15.0 Å². The number of H-pyrrole nitrogens is 1. The average molecular weight is 397 g/mol. The van der Waals surface area contributed by atoms with Crippen molar-refractivity contribution in [2.75, 3.05) is 30.9 Å². The van der Waals surface area contributed by atoms with Gasteiger partial charge in [-0.3, -0.25) is 9.59 Å². The highest BCUT2D eigenvalue weighted by Gasteiger charge is 2.41. The van der Waals surface area contributed by atoms with Crippen molar-refractivity contribution in [2.45, 2.75) is 51.1 Å². The van der Waals surface area contributed by atoms with Crippen molar-refractivity contribution in [1.29, 1.82) is 0 Å². The molecule has 2 aliphatic rings. The van der Waals surface area contributed by atoms with Gasteiger partial charge in [0.1, 0.15) is 17.4 Å². The molecule has 29 heavy (non-hydrogen) atoms. The number of fused-ring (bicyclic) bond motifs is 1. The Morgan fingerprint density at radius 2 is 1.97 bits per heavy atom. The molecular formula is C20H27N7O2. The molecule has 0 spiro atoms. The van der Waals surface area contributed by atoms with Crippen LogP contribution < -0.4 is 9.80 Å². The molecule has 0 radical (unpaired) electrons. The number of hydrogen-bond donors (Lipinski definition) is 1. The van der Waals surface area contributed by atoms with E-state index < -0.39 is 0 Å². The largest absolute Gasteiger partial charge is 0.343 e. The van der Waals surface area contributed by atoms with E-state index in [9.17, 15) is 9.59 Å². The maximum Gasteiger partial charge on any atom is 0.271 e. The molecule has 1 aliphatic heterocycles. The summed E-state index contributed by atoms with van der Waals surface area (Å²) in [4.78, 5) is 47.0. The molecule has 1 fully saturated rings. The van der Waals surface area contributed by atoms with E-state index >= 15 is 0 Å². The summed E-state index contributed by atoms with van der Waals surface area (Å²) < 4.78 is 0. The average Bonchev–Trinajstić information content (AvgIpc) is 3.41.